The molecule has 2 aliphatic rings. The number of carboxylic acid groups (broad SMARTS) is 1. The van der Waals surface area contributed by atoms with Crippen LogP contribution in [0, 0.1) is 5.82 Å². The summed E-state index contributed by atoms with van der Waals surface area (Å²) in [6.45, 7) is 7.86. The number of hydrogen-bond donors (Lipinski definition) is 2. The quantitative estimate of drug-likeness (QED) is 0.193. The summed E-state index contributed by atoms with van der Waals surface area (Å²) in [5.41, 5.74) is 2.68. The molecule has 2 aliphatic heterocycles. The number of anilines is 1. The van der Waals surface area contributed by atoms with Gasteiger partial charge in [0, 0.05) is 68.8 Å². The number of rotatable bonds is 8. The number of fused-ring (bicyclic) bond motifs is 4. The number of aryl methyl sites for hydroxylation is 1. The molecule has 2 N–H and O–H groups in total. The second-order valence-corrected chi connectivity index (χ2v) is 18.5. The molecule has 2 atom stereocenters. The van der Waals surface area contributed by atoms with Crippen LogP contribution in [0.5, 0.6) is 0 Å². The molecule has 2 unspecified atom stereocenters. The number of carbonyl (C=O) groups is 1. The Morgan fingerprint density at radius 3 is 2.61 bits per heavy atom. The number of nitrogens with one attached hydrogen (secondary N) is 1. The highest BCUT2D eigenvalue weighted by Gasteiger charge is 2.42. The molecule has 10 nitrogen and oxygen atoms in total. The highest BCUT2D eigenvalue weighted by atomic mass is 35.5. The molecule has 5 heterocycles. The monoisotopic (exact) mass is 599 g/mol. The average molecular weight is 600 g/mol. The normalized spacial score (nSPS) is 20.8. The molecule has 1 aromatic carbocycles. The summed E-state index contributed by atoms with van der Waals surface area (Å²) >= 11 is 6.84. The van der Waals surface area contributed by atoms with Crippen molar-refractivity contribution in [3.63, 3.8) is 0 Å². The van der Waals surface area contributed by atoms with Crippen LogP contribution in [0.2, 0.25) is 30.7 Å². The number of benzene rings is 1. The van der Waals surface area contributed by atoms with Crippen LogP contribution in [0.1, 0.15) is 25.7 Å². The van der Waals surface area contributed by atoms with Crippen LogP contribution in [0.15, 0.2) is 24.7 Å². The summed E-state index contributed by atoms with van der Waals surface area (Å²) in [5.74, 6) is 0.304. The van der Waals surface area contributed by atoms with Crippen LogP contribution >= 0.6 is 11.6 Å². The third-order valence-corrected chi connectivity index (χ3v) is 10.3. The maximum absolute atomic E-state index is 15.2. The molecule has 2 fully saturated rings. The van der Waals surface area contributed by atoms with Crippen LogP contribution in [0.3, 0.4) is 0 Å². The van der Waals surface area contributed by atoms with E-state index in [0.29, 0.717) is 39.3 Å². The summed E-state index contributed by atoms with van der Waals surface area (Å²) in [4.78, 5) is 23.5. The standard InChI is InChI=1S/C28H35ClFN7O3Si/c1-35-13-21-24(29)19(11-22(30)25(21)34-35)20-14-36(15-40-7-8-41(2,3)4)27-26(20)31-12-23(33-27)37-17-5-6-18(37)10-16(9-17)32-28(38)39/h11-14,16-18,32H,5-10,15H2,1-4H3,(H,38,39). The van der Waals surface area contributed by atoms with E-state index in [4.69, 9.17) is 26.3 Å². The Kier molecular flexibility index (Phi) is 7.19. The Hall–Kier alpha value is -3.22. The van der Waals surface area contributed by atoms with E-state index >= 15 is 4.39 Å². The summed E-state index contributed by atoms with van der Waals surface area (Å²) in [7, 11) is 0.468. The Balaban J connectivity index is 1.39. The smallest absolute Gasteiger partial charge is 0.404 e. The molecule has 218 valence electrons. The van der Waals surface area contributed by atoms with Gasteiger partial charge < -0.3 is 24.6 Å². The molecule has 2 bridgehead atoms. The van der Waals surface area contributed by atoms with Gasteiger partial charge in [-0.2, -0.15) is 5.10 Å². The van der Waals surface area contributed by atoms with E-state index < -0.39 is 20.0 Å². The van der Waals surface area contributed by atoms with E-state index in [1.807, 2.05) is 10.8 Å². The molecule has 6 rings (SSSR count). The molecule has 0 spiro atoms. The van der Waals surface area contributed by atoms with Crippen molar-refractivity contribution in [2.75, 3.05) is 11.5 Å². The number of hydrogen-bond acceptors (Lipinski definition) is 6. The zero-order valence-electron chi connectivity index (χ0n) is 23.7. The van der Waals surface area contributed by atoms with E-state index in [1.165, 1.54) is 6.07 Å². The van der Waals surface area contributed by atoms with Crippen LogP contribution in [-0.2, 0) is 18.5 Å². The van der Waals surface area contributed by atoms with E-state index in [-0.39, 0.29) is 30.4 Å². The molecule has 2 saturated heterocycles. The molecule has 4 aromatic rings. The van der Waals surface area contributed by atoms with Gasteiger partial charge in [-0.3, -0.25) is 4.68 Å². The van der Waals surface area contributed by atoms with Crippen molar-refractivity contribution in [3.8, 4) is 11.1 Å². The zero-order valence-corrected chi connectivity index (χ0v) is 25.5. The first kappa shape index (κ1) is 27.9. The predicted molar refractivity (Wildman–Crippen MR) is 160 cm³/mol. The van der Waals surface area contributed by atoms with Crippen molar-refractivity contribution in [3.05, 3.63) is 35.5 Å². The summed E-state index contributed by atoms with van der Waals surface area (Å²) in [6, 6.07) is 2.76. The van der Waals surface area contributed by atoms with Gasteiger partial charge in [-0.15, -0.1) is 0 Å². The van der Waals surface area contributed by atoms with Gasteiger partial charge in [0.1, 0.15) is 23.6 Å². The molecule has 0 aliphatic carbocycles. The number of nitrogens with zero attached hydrogens (tertiary/aromatic N) is 6. The molecule has 0 saturated carbocycles. The molecular weight excluding hydrogens is 565 g/mol. The lowest BCUT2D eigenvalue weighted by atomic mass is 9.97. The Morgan fingerprint density at radius 1 is 1.20 bits per heavy atom. The lowest BCUT2D eigenvalue weighted by Crippen LogP contribution is -2.50. The lowest BCUT2D eigenvalue weighted by Gasteiger charge is -2.39. The van der Waals surface area contributed by atoms with Gasteiger partial charge in [0.05, 0.1) is 11.2 Å². The number of piperidine rings is 1. The fourth-order valence-electron chi connectivity index (χ4n) is 6.27. The van der Waals surface area contributed by atoms with Crippen molar-refractivity contribution in [2.45, 2.75) is 76.2 Å². The summed E-state index contributed by atoms with van der Waals surface area (Å²) < 4.78 is 24.7. The second-order valence-electron chi connectivity index (χ2n) is 12.5. The van der Waals surface area contributed by atoms with E-state index in [0.717, 1.165) is 37.5 Å². The summed E-state index contributed by atoms with van der Waals surface area (Å²) in [6.07, 6.45) is 7.81. The van der Waals surface area contributed by atoms with E-state index in [9.17, 15) is 9.90 Å². The van der Waals surface area contributed by atoms with Crippen molar-refractivity contribution < 1.29 is 19.0 Å². The minimum atomic E-state index is -1.27. The van der Waals surface area contributed by atoms with Crippen LogP contribution in [-0.4, -0.2) is 68.3 Å². The highest BCUT2D eigenvalue weighted by Crippen LogP contribution is 2.41. The van der Waals surface area contributed by atoms with Crippen molar-refractivity contribution in [1.82, 2.24) is 29.6 Å². The topological polar surface area (TPSA) is 110 Å². The first-order valence-corrected chi connectivity index (χ1v) is 18.1. The molecule has 1 amide bonds. The third kappa shape index (κ3) is 5.40. The molecule has 13 heteroatoms. The van der Waals surface area contributed by atoms with Crippen LogP contribution in [0.25, 0.3) is 33.2 Å². The molecular formula is C28H35ClFN7O3Si. The van der Waals surface area contributed by atoms with Crippen LogP contribution in [0.4, 0.5) is 15.0 Å². The Bertz CT molecular complexity index is 1620. The number of amides is 1. The SMILES string of the molecule is Cn1cc2c(Cl)c(-c3cn(COCC[Si](C)(C)C)c4nc(N5C6CCC5CC(NC(=O)O)C6)cnc34)cc(F)c2n1. The predicted octanol–water partition coefficient (Wildman–Crippen LogP) is 5.86. The van der Waals surface area contributed by atoms with Gasteiger partial charge in [0.15, 0.2) is 11.5 Å². The Labute approximate surface area is 243 Å². The van der Waals surface area contributed by atoms with Crippen molar-refractivity contribution in [2.24, 2.45) is 7.05 Å². The minimum absolute atomic E-state index is 0.0624. The highest BCUT2D eigenvalue weighted by molar-refractivity contribution is 6.76. The van der Waals surface area contributed by atoms with Gasteiger partial charge in [0.25, 0.3) is 0 Å². The van der Waals surface area contributed by atoms with Crippen molar-refractivity contribution in [1.29, 1.82) is 0 Å². The maximum Gasteiger partial charge on any atom is 0.404 e. The maximum atomic E-state index is 15.2. The molecule has 41 heavy (non-hydrogen) atoms. The molecule has 3 aromatic heterocycles. The van der Waals surface area contributed by atoms with Gasteiger partial charge >= 0.3 is 6.09 Å². The van der Waals surface area contributed by atoms with E-state index in [1.54, 1.807) is 24.1 Å². The van der Waals surface area contributed by atoms with Gasteiger partial charge in [-0.05, 0) is 37.8 Å². The zero-order chi connectivity index (χ0) is 29.1. The number of halogens is 2. The largest absolute Gasteiger partial charge is 0.465 e. The third-order valence-electron chi connectivity index (χ3n) is 8.19. The van der Waals surface area contributed by atoms with Gasteiger partial charge in [-0.25, -0.2) is 19.2 Å². The van der Waals surface area contributed by atoms with Crippen LogP contribution < -0.4 is 10.2 Å². The second kappa shape index (κ2) is 10.6. The summed E-state index contributed by atoms with van der Waals surface area (Å²) in [5, 5.41) is 17.0. The lowest BCUT2D eigenvalue weighted by molar-refractivity contribution is 0.0899. The van der Waals surface area contributed by atoms with Gasteiger partial charge in [0.2, 0.25) is 0 Å². The van der Waals surface area contributed by atoms with E-state index in [2.05, 4.69) is 35.0 Å². The molecule has 0 radical (unpaired) electrons. The fourth-order valence-corrected chi connectivity index (χ4v) is 7.32. The van der Waals surface area contributed by atoms with Crippen molar-refractivity contribution >= 4 is 53.7 Å². The fraction of sp³-hybridized carbons (Fsp3) is 0.500. The number of aromatic nitrogens is 5. The first-order valence-electron chi connectivity index (χ1n) is 14.0. The van der Waals surface area contributed by atoms with Gasteiger partial charge in [-0.1, -0.05) is 31.2 Å². The Morgan fingerprint density at radius 2 is 1.93 bits per heavy atom. The average Bonchev–Trinajstić information content (AvgIpc) is 3.54. The number of ether oxygens (including phenoxy) is 1. The first-order chi connectivity index (χ1) is 19.5. The minimum Gasteiger partial charge on any atom is -0.465 e.